The predicted octanol–water partition coefficient (Wildman–Crippen LogP) is 3.74. The molecule has 2 heterocycles. The van der Waals surface area contributed by atoms with Gasteiger partial charge in [0.15, 0.2) is 5.96 Å². The van der Waals surface area contributed by atoms with Crippen molar-refractivity contribution in [3.8, 4) is 5.69 Å². The van der Waals surface area contributed by atoms with Crippen molar-refractivity contribution in [3.05, 3.63) is 71.4 Å². The summed E-state index contributed by atoms with van der Waals surface area (Å²) in [5.41, 5.74) is 4.33. The molecule has 1 aromatic carbocycles. The van der Waals surface area contributed by atoms with Gasteiger partial charge in [-0.25, -0.2) is 9.67 Å². The van der Waals surface area contributed by atoms with Gasteiger partial charge in [-0.3, -0.25) is 0 Å². The van der Waals surface area contributed by atoms with Crippen molar-refractivity contribution in [1.82, 2.24) is 20.4 Å². The predicted molar refractivity (Wildman–Crippen MR) is 119 cm³/mol. The van der Waals surface area contributed by atoms with Crippen LogP contribution in [0.3, 0.4) is 0 Å². The van der Waals surface area contributed by atoms with Gasteiger partial charge in [-0.15, -0.1) is 0 Å². The Morgan fingerprint density at radius 2 is 1.97 bits per heavy atom. The normalized spacial score (nSPS) is 11.6. The zero-order valence-corrected chi connectivity index (χ0v) is 18.0. The molecule has 2 aromatic heterocycles. The largest absolute Gasteiger partial charge is 0.467 e. The van der Waals surface area contributed by atoms with Crippen molar-refractivity contribution in [3.63, 3.8) is 0 Å². The molecule has 0 aliphatic carbocycles. The van der Waals surface area contributed by atoms with Crippen LogP contribution < -0.4 is 10.6 Å². The molecular weight excluding hydrogens is 378 g/mol. The van der Waals surface area contributed by atoms with E-state index in [-0.39, 0.29) is 0 Å². The van der Waals surface area contributed by atoms with E-state index in [0.717, 1.165) is 53.9 Å². The van der Waals surface area contributed by atoms with E-state index in [1.54, 1.807) is 6.26 Å². The molecule has 7 nitrogen and oxygen atoms in total. The Morgan fingerprint density at radius 1 is 1.13 bits per heavy atom. The molecular formula is C23H31N5O2. The zero-order chi connectivity index (χ0) is 21.2. The van der Waals surface area contributed by atoms with Crippen molar-refractivity contribution in [1.29, 1.82) is 0 Å². The van der Waals surface area contributed by atoms with E-state index in [1.807, 2.05) is 41.9 Å². The van der Waals surface area contributed by atoms with E-state index in [9.17, 15) is 0 Å². The Hall–Kier alpha value is -3.06. The highest BCUT2D eigenvalue weighted by Gasteiger charge is 2.12. The van der Waals surface area contributed by atoms with Crippen molar-refractivity contribution in [2.45, 2.75) is 40.3 Å². The van der Waals surface area contributed by atoms with Crippen LogP contribution in [0.1, 0.15) is 36.1 Å². The minimum Gasteiger partial charge on any atom is -0.467 e. The van der Waals surface area contributed by atoms with E-state index in [0.29, 0.717) is 19.8 Å². The number of hydrogen-bond acceptors (Lipinski definition) is 4. The highest BCUT2D eigenvalue weighted by atomic mass is 16.5. The molecule has 0 unspecified atom stereocenters. The first-order chi connectivity index (χ1) is 14.7. The van der Waals surface area contributed by atoms with Gasteiger partial charge in [0.25, 0.3) is 0 Å². The average Bonchev–Trinajstić information content (AvgIpc) is 3.37. The summed E-state index contributed by atoms with van der Waals surface area (Å²) in [6.45, 7) is 9.53. The topological polar surface area (TPSA) is 76.6 Å². The summed E-state index contributed by atoms with van der Waals surface area (Å²) in [6.07, 6.45) is 2.54. The van der Waals surface area contributed by atoms with Gasteiger partial charge in [0.2, 0.25) is 0 Å². The van der Waals surface area contributed by atoms with Gasteiger partial charge in [-0.1, -0.05) is 18.2 Å². The van der Waals surface area contributed by atoms with Gasteiger partial charge in [0, 0.05) is 31.0 Å². The number of nitrogens with zero attached hydrogens (tertiary/aromatic N) is 3. The molecule has 0 bridgehead atoms. The highest BCUT2D eigenvalue weighted by Crippen LogP contribution is 2.18. The van der Waals surface area contributed by atoms with Crippen molar-refractivity contribution < 1.29 is 9.15 Å². The summed E-state index contributed by atoms with van der Waals surface area (Å²) in [4.78, 5) is 4.76. The Kier molecular flexibility index (Phi) is 8.09. The number of aliphatic imine (C=N–C) groups is 1. The average molecular weight is 410 g/mol. The lowest BCUT2D eigenvalue weighted by Crippen LogP contribution is -2.38. The number of ether oxygens (including phenoxy) is 1. The van der Waals surface area contributed by atoms with Gasteiger partial charge in [-0.05, 0) is 51.5 Å². The van der Waals surface area contributed by atoms with E-state index in [4.69, 9.17) is 19.2 Å². The maximum absolute atomic E-state index is 5.62. The molecule has 0 radical (unpaired) electrons. The van der Waals surface area contributed by atoms with Crippen molar-refractivity contribution in [2.24, 2.45) is 4.99 Å². The number of aryl methyl sites for hydroxylation is 1. The first-order valence-corrected chi connectivity index (χ1v) is 10.4. The third-order valence-corrected chi connectivity index (χ3v) is 4.76. The van der Waals surface area contributed by atoms with Crippen molar-refractivity contribution in [2.75, 3.05) is 19.7 Å². The minimum absolute atomic E-state index is 0.505. The molecule has 0 spiro atoms. The first kappa shape index (κ1) is 21.6. The molecule has 0 atom stereocenters. The molecule has 0 fully saturated rings. The smallest absolute Gasteiger partial charge is 0.191 e. The summed E-state index contributed by atoms with van der Waals surface area (Å²) in [5.74, 6) is 1.65. The lowest BCUT2D eigenvalue weighted by Gasteiger charge is -2.11. The van der Waals surface area contributed by atoms with Crippen LogP contribution in [0.15, 0.2) is 58.1 Å². The lowest BCUT2D eigenvalue weighted by atomic mass is 10.2. The third-order valence-electron chi connectivity index (χ3n) is 4.76. The number of rotatable bonds is 10. The SMILES string of the molecule is CCNC(=NCc1c(C)nn(-c2ccccc2)c1C)NCCCOCc1ccco1. The molecule has 30 heavy (non-hydrogen) atoms. The molecule has 0 saturated heterocycles. The van der Waals surface area contributed by atoms with Crippen LogP contribution in [0.4, 0.5) is 0 Å². The van der Waals surface area contributed by atoms with E-state index >= 15 is 0 Å². The van der Waals surface area contributed by atoms with E-state index in [1.165, 1.54) is 0 Å². The molecule has 2 N–H and O–H groups in total. The number of furan rings is 1. The highest BCUT2D eigenvalue weighted by molar-refractivity contribution is 5.79. The number of para-hydroxylation sites is 1. The number of guanidine groups is 1. The Bertz CT molecular complexity index is 917. The second kappa shape index (κ2) is 11.2. The third kappa shape index (κ3) is 5.97. The maximum atomic E-state index is 5.62. The first-order valence-electron chi connectivity index (χ1n) is 10.4. The summed E-state index contributed by atoms with van der Waals surface area (Å²) >= 11 is 0. The molecule has 0 aliphatic heterocycles. The van der Waals surface area contributed by atoms with E-state index in [2.05, 4.69) is 36.6 Å². The number of aromatic nitrogens is 2. The summed E-state index contributed by atoms with van der Waals surface area (Å²) < 4.78 is 12.9. The fourth-order valence-corrected chi connectivity index (χ4v) is 3.17. The molecule has 3 aromatic rings. The van der Waals surface area contributed by atoms with Crippen LogP contribution in [0.25, 0.3) is 5.69 Å². The number of nitrogens with one attached hydrogen (secondary N) is 2. The van der Waals surface area contributed by atoms with E-state index < -0.39 is 0 Å². The monoisotopic (exact) mass is 409 g/mol. The van der Waals surface area contributed by atoms with Gasteiger partial charge < -0.3 is 19.8 Å². The second-order valence-electron chi connectivity index (χ2n) is 7.00. The number of hydrogen-bond donors (Lipinski definition) is 2. The van der Waals surface area contributed by atoms with Crippen LogP contribution in [-0.4, -0.2) is 35.4 Å². The minimum atomic E-state index is 0.505. The Balaban J connectivity index is 1.52. The maximum Gasteiger partial charge on any atom is 0.191 e. The van der Waals surface area contributed by atoms with Crippen LogP contribution in [0.2, 0.25) is 0 Å². The van der Waals surface area contributed by atoms with Gasteiger partial charge >= 0.3 is 0 Å². The van der Waals surface area contributed by atoms with Crippen LogP contribution in [0, 0.1) is 13.8 Å². The molecule has 0 saturated carbocycles. The van der Waals surface area contributed by atoms with Crippen LogP contribution in [0.5, 0.6) is 0 Å². The fourth-order valence-electron chi connectivity index (χ4n) is 3.17. The summed E-state index contributed by atoms with van der Waals surface area (Å²) in [5, 5.41) is 11.4. The Labute approximate surface area is 178 Å². The van der Waals surface area contributed by atoms with Crippen LogP contribution in [-0.2, 0) is 17.9 Å². The second-order valence-corrected chi connectivity index (χ2v) is 7.00. The van der Waals surface area contributed by atoms with Gasteiger partial charge in [0.05, 0.1) is 24.2 Å². The summed E-state index contributed by atoms with van der Waals surface area (Å²) in [7, 11) is 0. The van der Waals surface area contributed by atoms with Crippen LogP contribution >= 0.6 is 0 Å². The van der Waals surface area contributed by atoms with Gasteiger partial charge in [-0.2, -0.15) is 5.10 Å². The molecule has 3 rings (SSSR count). The molecule has 0 amide bonds. The quantitative estimate of drug-likeness (QED) is 0.303. The zero-order valence-electron chi connectivity index (χ0n) is 18.0. The Morgan fingerprint density at radius 3 is 2.70 bits per heavy atom. The summed E-state index contributed by atoms with van der Waals surface area (Å²) in [6, 6.07) is 14.0. The van der Waals surface area contributed by atoms with Gasteiger partial charge in [0.1, 0.15) is 12.4 Å². The molecule has 0 aliphatic rings. The molecule has 160 valence electrons. The fraction of sp³-hybridized carbons (Fsp3) is 0.391. The lowest BCUT2D eigenvalue weighted by molar-refractivity contribution is 0.105. The standard InChI is InChI=1S/C23H31N5O2/c1-4-24-23(25-13-9-14-29-17-21-12-8-15-30-21)26-16-22-18(2)27-28(19(22)3)20-10-6-5-7-11-20/h5-8,10-12,15H,4,9,13-14,16-17H2,1-3H3,(H2,24,25,26). The van der Waals surface area contributed by atoms with Crippen molar-refractivity contribution >= 4 is 5.96 Å². The molecule has 7 heteroatoms. The number of benzene rings is 1.